The predicted molar refractivity (Wildman–Crippen MR) is 77.2 cm³/mol. The molecule has 0 unspecified atom stereocenters. The third-order valence-electron chi connectivity index (χ3n) is 2.77. The smallest absolute Gasteiger partial charge is 0.257 e. The minimum Gasteiger partial charge on any atom is -0.496 e. The number of thiazole rings is 1. The number of carbonyl (C=O) groups excluding carboxylic acids is 1. The van der Waals surface area contributed by atoms with Gasteiger partial charge in [-0.05, 0) is 29.7 Å². The lowest BCUT2D eigenvalue weighted by Gasteiger charge is -2.13. The summed E-state index contributed by atoms with van der Waals surface area (Å²) in [7, 11) is 1.64. The first kappa shape index (κ1) is 13.5. The highest BCUT2D eigenvalue weighted by molar-refractivity contribution is 7.13. The van der Waals surface area contributed by atoms with Crippen molar-refractivity contribution in [1.29, 1.82) is 0 Å². The summed E-state index contributed by atoms with van der Waals surface area (Å²) in [5, 5.41) is 5.20. The van der Waals surface area contributed by atoms with Crippen molar-refractivity contribution in [3.63, 3.8) is 0 Å². The van der Waals surface area contributed by atoms with Crippen LogP contribution in [0.2, 0.25) is 0 Å². The monoisotopic (exact) mass is 276 g/mol. The van der Waals surface area contributed by atoms with Crippen LogP contribution in [-0.2, 0) is 0 Å². The number of amides is 1. The molecule has 0 fully saturated rings. The van der Waals surface area contributed by atoms with Crippen LogP contribution in [-0.4, -0.2) is 18.0 Å². The molecule has 1 aromatic heterocycles. The fraction of sp³-hybridized carbons (Fsp3) is 0.286. The molecule has 0 radical (unpaired) electrons. The first-order chi connectivity index (χ1) is 9.11. The Morgan fingerprint density at radius 2 is 2.21 bits per heavy atom. The van der Waals surface area contributed by atoms with Gasteiger partial charge in [0.05, 0.1) is 7.11 Å². The highest BCUT2D eigenvalue weighted by atomic mass is 32.1. The molecular weight excluding hydrogens is 260 g/mol. The molecule has 4 nitrogen and oxygen atoms in total. The lowest BCUT2D eigenvalue weighted by molar-refractivity contribution is 0.102. The zero-order chi connectivity index (χ0) is 13.8. The van der Waals surface area contributed by atoms with Gasteiger partial charge in [0.15, 0.2) is 5.13 Å². The van der Waals surface area contributed by atoms with Crippen LogP contribution < -0.4 is 10.1 Å². The van der Waals surface area contributed by atoms with E-state index in [1.165, 1.54) is 11.3 Å². The van der Waals surface area contributed by atoms with E-state index >= 15 is 0 Å². The molecule has 1 aromatic carbocycles. The molecule has 100 valence electrons. The van der Waals surface area contributed by atoms with E-state index in [-0.39, 0.29) is 5.91 Å². The molecule has 1 N–H and O–H groups in total. The van der Waals surface area contributed by atoms with Crippen LogP contribution >= 0.6 is 11.3 Å². The van der Waals surface area contributed by atoms with Gasteiger partial charge in [0.25, 0.3) is 5.91 Å². The van der Waals surface area contributed by atoms with Gasteiger partial charge in [0, 0.05) is 17.1 Å². The van der Waals surface area contributed by atoms with E-state index in [9.17, 15) is 4.79 Å². The number of nitrogens with one attached hydrogen (secondary N) is 1. The van der Waals surface area contributed by atoms with Crippen molar-refractivity contribution >= 4 is 22.4 Å². The number of aromatic nitrogens is 1. The fourth-order valence-electron chi connectivity index (χ4n) is 1.78. The summed E-state index contributed by atoms with van der Waals surface area (Å²) < 4.78 is 5.31. The van der Waals surface area contributed by atoms with Crippen LogP contribution in [0.4, 0.5) is 5.13 Å². The highest BCUT2D eigenvalue weighted by Gasteiger charge is 2.13. The number of nitrogens with zero attached hydrogens (tertiary/aromatic N) is 1. The number of hydrogen-bond donors (Lipinski definition) is 1. The van der Waals surface area contributed by atoms with Gasteiger partial charge < -0.3 is 4.74 Å². The number of rotatable bonds is 4. The largest absolute Gasteiger partial charge is 0.496 e. The van der Waals surface area contributed by atoms with Gasteiger partial charge in [-0.1, -0.05) is 13.8 Å². The Labute approximate surface area is 116 Å². The van der Waals surface area contributed by atoms with E-state index in [0.717, 1.165) is 11.3 Å². The summed E-state index contributed by atoms with van der Waals surface area (Å²) in [6, 6.07) is 5.45. The van der Waals surface area contributed by atoms with E-state index in [2.05, 4.69) is 24.1 Å². The van der Waals surface area contributed by atoms with E-state index in [0.29, 0.717) is 16.6 Å². The number of hydrogen-bond acceptors (Lipinski definition) is 4. The van der Waals surface area contributed by atoms with Gasteiger partial charge in [-0.15, -0.1) is 11.3 Å². The van der Waals surface area contributed by atoms with E-state index in [1.807, 2.05) is 17.5 Å². The van der Waals surface area contributed by atoms with Crippen LogP contribution in [0.3, 0.4) is 0 Å². The first-order valence-electron chi connectivity index (χ1n) is 6.00. The summed E-state index contributed by atoms with van der Waals surface area (Å²) in [6.45, 7) is 4.14. The predicted octanol–water partition coefficient (Wildman–Crippen LogP) is 3.53. The molecule has 1 heterocycles. The summed E-state index contributed by atoms with van der Waals surface area (Å²) in [5.74, 6) is 0.947. The molecule has 0 bridgehead atoms. The molecule has 0 spiro atoms. The van der Waals surface area contributed by atoms with Crippen molar-refractivity contribution in [2.75, 3.05) is 12.4 Å². The van der Waals surface area contributed by atoms with Crippen molar-refractivity contribution in [2.24, 2.45) is 0 Å². The van der Waals surface area contributed by atoms with E-state index in [1.54, 1.807) is 19.4 Å². The molecule has 0 aliphatic rings. The molecule has 19 heavy (non-hydrogen) atoms. The van der Waals surface area contributed by atoms with E-state index < -0.39 is 0 Å². The van der Waals surface area contributed by atoms with Gasteiger partial charge in [-0.25, -0.2) is 4.98 Å². The number of anilines is 1. The van der Waals surface area contributed by atoms with Gasteiger partial charge in [-0.3, -0.25) is 10.1 Å². The third kappa shape index (κ3) is 3.12. The zero-order valence-corrected chi connectivity index (χ0v) is 12.0. The standard InChI is InChI=1S/C14H16N2O2S/c1-9(2)11-8-10(4-5-12(11)18-3)13(17)16-14-15-6-7-19-14/h4-9H,1-3H3,(H,15,16,17). The Balaban J connectivity index is 2.25. The normalized spacial score (nSPS) is 10.5. The Hall–Kier alpha value is -1.88. The summed E-state index contributed by atoms with van der Waals surface area (Å²) in [5.41, 5.74) is 1.63. The second-order valence-electron chi connectivity index (χ2n) is 4.40. The van der Waals surface area contributed by atoms with Crippen LogP contribution in [0.25, 0.3) is 0 Å². The molecule has 2 aromatic rings. The summed E-state index contributed by atoms with van der Waals surface area (Å²) in [4.78, 5) is 16.1. The lowest BCUT2D eigenvalue weighted by Crippen LogP contribution is -2.12. The Bertz CT molecular complexity index is 565. The molecule has 0 aliphatic heterocycles. The fourth-order valence-corrected chi connectivity index (χ4v) is 2.31. The van der Waals surface area contributed by atoms with Crippen molar-refractivity contribution in [3.05, 3.63) is 40.9 Å². The van der Waals surface area contributed by atoms with Gasteiger partial charge in [0.2, 0.25) is 0 Å². The summed E-state index contributed by atoms with van der Waals surface area (Å²) >= 11 is 1.40. The molecule has 0 atom stereocenters. The molecule has 1 amide bonds. The van der Waals surface area contributed by atoms with Crippen molar-refractivity contribution in [2.45, 2.75) is 19.8 Å². The molecule has 0 saturated carbocycles. The van der Waals surface area contributed by atoms with Gasteiger partial charge in [-0.2, -0.15) is 0 Å². The molecular formula is C14H16N2O2S. The third-order valence-corrected chi connectivity index (χ3v) is 3.46. The number of methoxy groups -OCH3 is 1. The number of ether oxygens (including phenoxy) is 1. The van der Waals surface area contributed by atoms with Gasteiger partial charge in [0.1, 0.15) is 5.75 Å². The maximum Gasteiger partial charge on any atom is 0.257 e. The molecule has 5 heteroatoms. The Kier molecular flexibility index (Phi) is 4.16. The van der Waals surface area contributed by atoms with Crippen molar-refractivity contribution in [3.8, 4) is 5.75 Å². The quantitative estimate of drug-likeness (QED) is 0.929. The average Bonchev–Trinajstić information content (AvgIpc) is 2.90. The number of benzene rings is 1. The second kappa shape index (κ2) is 5.84. The van der Waals surface area contributed by atoms with Crippen LogP contribution in [0.1, 0.15) is 35.7 Å². The minimum absolute atomic E-state index is 0.153. The zero-order valence-electron chi connectivity index (χ0n) is 11.1. The second-order valence-corrected chi connectivity index (χ2v) is 5.30. The first-order valence-corrected chi connectivity index (χ1v) is 6.88. The maximum absolute atomic E-state index is 12.1. The van der Waals surface area contributed by atoms with E-state index in [4.69, 9.17) is 4.74 Å². The molecule has 0 aliphatic carbocycles. The van der Waals surface area contributed by atoms with Crippen molar-refractivity contribution in [1.82, 2.24) is 4.98 Å². The van der Waals surface area contributed by atoms with Gasteiger partial charge >= 0.3 is 0 Å². The minimum atomic E-state index is -0.153. The Morgan fingerprint density at radius 3 is 2.79 bits per heavy atom. The lowest BCUT2D eigenvalue weighted by atomic mass is 9.99. The van der Waals surface area contributed by atoms with Crippen LogP contribution in [0.5, 0.6) is 5.75 Å². The molecule has 0 saturated heterocycles. The Morgan fingerprint density at radius 1 is 1.42 bits per heavy atom. The number of carbonyl (C=O) groups is 1. The van der Waals surface area contributed by atoms with Crippen molar-refractivity contribution < 1.29 is 9.53 Å². The average molecular weight is 276 g/mol. The summed E-state index contributed by atoms with van der Waals surface area (Å²) in [6.07, 6.45) is 1.66. The highest BCUT2D eigenvalue weighted by Crippen LogP contribution is 2.27. The maximum atomic E-state index is 12.1. The topological polar surface area (TPSA) is 51.2 Å². The van der Waals surface area contributed by atoms with Crippen LogP contribution in [0, 0.1) is 0 Å². The van der Waals surface area contributed by atoms with Crippen LogP contribution in [0.15, 0.2) is 29.8 Å². The molecule has 2 rings (SSSR count). The SMILES string of the molecule is COc1ccc(C(=O)Nc2nccs2)cc1C(C)C.